The van der Waals surface area contributed by atoms with Crippen molar-refractivity contribution >= 4 is 16.9 Å². The molecule has 0 spiro atoms. The highest BCUT2D eigenvalue weighted by Gasteiger charge is 2.32. The van der Waals surface area contributed by atoms with Crippen molar-refractivity contribution in [1.29, 1.82) is 0 Å². The van der Waals surface area contributed by atoms with Gasteiger partial charge in [-0.1, -0.05) is 6.92 Å². The average molecular weight is 407 g/mol. The Labute approximate surface area is 174 Å². The molecule has 1 atom stereocenters. The number of aryl methyl sites for hydroxylation is 1. The summed E-state index contributed by atoms with van der Waals surface area (Å²) < 4.78 is 5.95. The number of carbonyl (C=O) groups excluding carboxylic acids is 1. The molecule has 1 aliphatic heterocycles. The fourth-order valence-corrected chi connectivity index (χ4v) is 3.61. The second-order valence-electron chi connectivity index (χ2n) is 7.51. The van der Waals surface area contributed by atoms with E-state index in [1.807, 2.05) is 25.3 Å². The number of hydrogen-bond donors (Lipinski definition) is 2. The molecule has 0 saturated carbocycles. The Balaban J connectivity index is 1.38. The number of fused-ring (bicyclic) bond motifs is 1. The summed E-state index contributed by atoms with van der Waals surface area (Å²) in [4.78, 5) is 37.5. The molecule has 0 aromatic carbocycles. The highest BCUT2D eigenvalue weighted by atomic mass is 16.5. The summed E-state index contributed by atoms with van der Waals surface area (Å²) in [5.41, 5.74) is 3.68. The topological polar surface area (TPSA) is 100 Å². The van der Waals surface area contributed by atoms with Gasteiger partial charge in [0.2, 0.25) is 0 Å². The van der Waals surface area contributed by atoms with Crippen molar-refractivity contribution in [2.24, 2.45) is 0 Å². The zero-order valence-electron chi connectivity index (χ0n) is 17.3. The average Bonchev–Trinajstić information content (AvgIpc) is 2.74. The number of pyridine rings is 3. The molecular formula is C22H25N5O3. The van der Waals surface area contributed by atoms with Crippen LogP contribution in [0.1, 0.15) is 41.5 Å². The molecule has 0 radical (unpaired) electrons. The zero-order chi connectivity index (χ0) is 21.3. The van der Waals surface area contributed by atoms with E-state index in [-0.39, 0.29) is 23.6 Å². The number of nitrogens with one attached hydrogen (secondary N) is 2. The van der Waals surface area contributed by atoms with E-state index in [1.54, 1.807) is 25.4 Å². The molecule has 8 nitrogen and oxygen atoms in total. The van der Waals surface area contributed by atoms with Gasteiger partial charge in [0.1, 0.15) is 17.5 Å². The standard InChI is InChI=1S/C22H25N5O3/c1-4-14-7-19-20(26-21(14)28)8-15(9-24-19)13(2)27-11-17(12-27)30-16-5-6-18(25-10-16)22(29)23-3/h5-10,13,17H,4,11-12H2,1-3H3,(H,23,29)(H,26,28)/t13-/m0/s1. The molecule has 1 fully saturated rings. The fraction of sp³-hybridized carbons (Fsp3) is 0.364. The van der Waals surface area contributed by atoms with Gasteiger partial charge < -0.3 is 15.0 Å². The van der Waals surface area contributed by atoms with Crippen molar-refractivity contribution in [2.75, 3.05) is 20.1 Å². The molecule has 0 unspecified atom stereocenters. The molecule has 156 valence electrons. The lowest BCUT2D eigenvalue weighted by Crippen LogP contribution is -2.54. The first-order valence-electron chi connectivity index (χ1n) is 10.1. The second kappa shape index (κ2) is 8.23. The van der Waals surface area contributed by atoms with E-state index in [9.17, 15) is 9.59 Å². The molecule has 3 aromatic heterocycles. The summed E-state index contributed by atoms with van der Waals surface area (Å²) in [7, 11) is 1.57. The number of H-pyrrole nitrogens is 1. The lowest BCUT2D eigenvalue weighted by molar-refractivity contribution is -0.00545. The van der Waals surface area contributed by atoms with Crippen molar-refractivity contribution in [3.8, 4) is 5.75 Å². The Kier molecular flexibility index (Phi) is 5.50. The first-order valence-corrected chi connectivity index (χ1v) is 10.1. The minimum Gasteiger partial charge on any atom is -0.486 e. The molecule has 1 aliphatic rings. The second-order valence-corrected chi connectivity index (χ2v) is 7.51. The van der Waals surface area contributed by atoms with Crippen LogP contribution in [0, 0.1) is 0 Å². The Bertz CT molecular complexity index is 1120. The van der Waals surface area contributed by atoms with E-state index >= 15 is 0 Å². The van der Waals surface area contributed by atoms with Crippen LogP contribution in [0.25, 0.3) is 11.0 Å². The van der Waals surface area contributed by atoms with Gasteiger partial charge in [-0.05, 0) is 43.2 Å². The fourth-order valence-electron chi connectivity index (χ4n) is 3.61. The molecule has 4 rings (SSSR count). The number of aromatic amines is 1. The van der Waals surface area contributed by atoms with Gasteiger partial charge in [0.05, 0.1) is 17.2 Å². The van der Waals surface area contributed by atoms with Gasteiger partial charge in [-0.15, -0.1) is 0 Å². The van der Waals surface area contributed by atoms with Crippen LogP contribution in [0.5, 0.6) is 5.75 Å². The minimum absolute atomic E-state index is 0.0509. The van der Waals surface area contributed by atoms with Gasteiger partial charge >= 0.3 is 0 Å². The molecule has 4 heterocycles. The summed E-state index contributed by atoms with van der Waals surface area (Å²) in [5.74, 6) is 0.429. The molecule has 30 heavy (non-hydrogen) atoms. The first kappa shape index (κ1) is 20.0. The number of rotatable bonds is 6. The van der Waals surface area contributed by atoms with Crippen LogP contribution in [0.3, 0.4) is 0 Å². The lowest BCUT2D eigenvalue weighted by atomic mass is 10.0. The maximum atomic E-state index is 12.1. The van der Waals surface area contributed by atoms with Crippen molar-refractivity contribution in [3.63, 3.8) is 0 Å². The largest absolute Gasteiger partial charge is 0.486 e. The zero-order valence-corrected chi connectivity index (χ0v) is 17.3. The third kappa shape index (κ3) is 3.91. The maximum absolute atomic E-state index is 12.1. The SMILES string of the molecule is CCc1cc2ncc([C@H](C)N3CC(Oc4ccc(C(=O)NC)nc4)C3)cc2[nH]c1=O. The predicted molar refractivity (Wildman–Crippen MR) is 114 cm³/mol. The van der Waals surface area contributed by atoms with Crippen LogP contribution < -0.4 is 15.6 Å². The molecule has 3 aromatic rings. The Morgan fingerprint density at radius 1 is 1.30 bits per heavy atom. The van der Waals surface area contributed by atoms with Crippen LogP contribution in [0.15, 0.2) is 41.5 Å². The van der Waals surface area contributed by atoms with Gasteiger partial charge in [0, 0.05) is 37.9 Å². The van der Waals surface area contributed by atoms with Crippen LogP contribution in [-0.4, -0.2) is 52.0 Å². The summed E-state index contributed by atoms with van der Waals surface area (Å²) in [5, 5.41) is 2.54. The molecule has 8 heteroatoms. The Hall–Kier alpha value is -3.26. The summed E-state index contributed by atoms with van der Waals surface area (Å²) in [6.45, 7) is 5.64. The van der Waals surface area contributed by atoms with Crippen molar-refractivity contribution in [3.05, 3.63) is 63.8 Å². The summed E-state index contributed by atoms with van der Waals surface area (Å²) >= 11 is 0. The van der Waals surface area contributed by atoms with Crippen LogP contribution >= 0.6 is 0 Å². The van der Waals surface area contributed by atoms with E-state index in [0.717, 1.165) is 35.2 Å². The van der Waals surface area contributed by atoms with Crippen LogP contribution in [-0.2, 0) is 6.42 Å². The Morgan fingerprint density at radius 3 is 2.77 bits per heavy atom. The van der Waals surface area contributed by atoms with Gasteiger partial charge in [0.25, 0.3) is 11.5 Å². The van der Waals surface area contributed by atoms with Gasteiger partial charge in [-0.25, -0.2) is 4.98 Å². The van der Waals surface area contributed by atoms with Crippen LogP contribution in [0.2, 0.25) is 0 Å². The van der Waals surface area contributed by atoms with Crippen molar-refractivity contribution < 1.29 is 9.53 Å². The molecule has 0 bridgehead atoms. The van der Waals surface area contributed by atoms with Gasteiger partial charge in [-0.2, -0.15) is 0 Å². The third-order valence-electron chi connectivity index (χ3n) is 5.58. The lowest BCUT2D eigenvalue weighted by Gasteiger charge is -2.42. The van der Waals surface area contributed by atoms with E-state index in [1.165, 1.54) is 0 Å². The molecule has 0 aliphatic carbocycles. The quantitative estimate of drug-likeness (QED) is 0.649. The molecule has 2 N–H and O–H groups in total. The third-order valence-corrected chi connectivity index (χ3v) is 5.58. The van der Waals surface area contributed by atoms with Crippen LogP contribution in [0.4, 0.5) is 0 Å². The first-order chi connectivity index (χ1) is 14.5. The van der Waals surface area contributed by atoms with Crippen molar-refractivity contribution in [1.82, 2.24) is 25.2 Å². The molecule has 1 amide bonds. The predicted octanol–water partition coefficient (Wildman–Crippen LogP) is 2.06. The number of nitrogens with zero attached hydrogens (tertiary/aromatic N) is 3. The highest BCUT2D eigenvalue weighted by Crippen LogP contribution is 2.28. The minimum atomic E-state index is -0.221. The van der Waals surface area contributed by atoms with E-state index < -0.39 is 0 Å². The normalized spacial score (nSPS) is 15.6. The number of likely N-dealkylation sites (tertiary alicyclic amines) is 1. The van der Waals surface area contributed by atoms with Gasteiger partial charge in [-0.3, -0.25) is 19.5 Å². The smallest absolute Gasteiger partial charge is 0.269 e. The summed E-state index contributed by atoms with van der Waals surface area (Å²) in [6.07, 6.45) is 4.20. The number of hydrogen-bond acceptors (Lipinski definition) is 6. The number of amides is 1. The molecule has 1 saturated heterocycles. The van der Waals surface area contributed by atoms with E-state index in [4.69, 9.17) is 4.74 Å². The van der Waals surface area contributed by atoms with Gasteiger partial charge in [0.15, 0.2) is 0 Å². The summed E-state index contributed by atoms with van der Waals surface area (Å²) in [6, 6.07) is 7.43. The molecular weight excluding hydrogens is 382 g/mol. The van der Waals surface area contributed by atoms with Crippen molar-refractivity contribution in [2.45, 2.75) is 32.4 Å². The number of carbonyl (C=O) groups is 1. The van der Waals surface area contributed by atoms with E-state index in [2.05, 4.69) is 32.1 Å². The van der Waals surface area contributed by atoms with E-state index in [0.29, 0.717) is 17.9 Å². The monoisotopic (exact) mass is 407 g/mol. The number of ether oxygens (including phenoxy) is 1. The number of aromatic nitrogens is 3. The highest BCUT2D eigenvalue weighted by molar-refractivity contribution is 5.92. The Morgan fingerprint density at radius 2 is 2.10 bits per heavy atom. The maximum Gasteiger partial charge on any atom is 0.269 e.